The predicted octanol–water partition coefficient (Wildman–Crippen LogP) is 4.57. The Morgan fingerprint density at radius 2 is 1.97 bits per heavy atom. The number of ketones is 1. The Bertz CT molecular complexity index is 1160. The molecule has 2 aliphatic heterocycles. The maximum Gasteiger partial charge on any atom is 0.306 e. The first-order valence-corrected chi connectivity index (χ1v) is 13.0. The number of ether oxygens (including phenoxy) is 2. The summed E-state index contributed by atoms with van der Waals surface area (Å²) >= 11 is 0. The van der Waals surface area contributed by atoms with Crippen molar-refractivity contribution in [3.05, 3.63) is 29.6 Å². The van der Waals surface area contributed by atoms with Gasteiger partial charge in [-0.2, -0.15) is 0 Å². The van der Waals surface area contributed by atoms with E-state index in [1.54, 1.807) is 0 Å². The normalized spacial score (nSPS) is 38.5. The van der Waals surface area contributed by atoms with Gasteiger partial charge in [0, 0.05) is 31.2 Å². The first-order valence-electron chi connectivity index (χ1n) is 13.0. The summed E-state index contributed by atoms with van der Waals surface area (Å²) in [5, 5.41) is 10.8. The van der Waals surface area contributed by atoms with E-state index in [9.17, 15) is 14.7 Å². The topological polar surface area (TPSA) is 93.9 Å². The smallest absolute Gasteiger partial charge is 0.306 e. The number of aromatic nitrogens is 2. The van der Waals surface area contributed by atoms with Gasteiger partial charge in [-0.1, -0.05) is 26.3 Å². The van der Waals surface area contributed by atoms with Crippen molar-refractivity contribution in [2.45, 2.75) is 96.6 Å². The molecule has 3 fully saturated rings. The molecule has 1 saturated carbocycles. The Morgan fingerprint density at radius 3 is 2.74 bits per heavy atom. The summed E-state index contributed by atoms with van der Waals surface area (Å²) in [6, 6.07) is 6.07. The van der Waals surface area contributed by atoms with Crippen molar-refractivity contribution >= 4 is 22.8 Å². The van der Waals surface area contributed by atoms with Crippen LogP contribution in [0.2, 0.25) is 0 Å². The lowest BCUT2D eigenvalue weighted by Crippen LogP contribution is -2.48. The number of nitrogens with zero attached hydrogens (tertiary/aromatic N) is 2. The second-order valence-electron chi connectivity index (χ2n) is 11.7. The molecule has 2 saturated heterocycles. The van der Waals surface area contributed by atoms with Crippen LogP contribution in [0, 0.1) is 24.2 Å². The molecule has 5 rings (SSSR count). The minimum atomic E-state index is -0.617. The number of hydrogen-bond donors (Lipinski definition) is 1. The number of aliphatic hydroxyl groups is 1. The Kier molecular flexibility index (Phi) is 6.07. The van der Waals surface area contributed by atoms with Crippen LogP contribution in [0.4, 0.5) is 0 Å². The van der Waals surface area contributed by atoms with Gasteiger partial charge in [0.1, 0.15) is 17.7 Å². The van der Waals surface area contributed by atoms with Crippen LogP contribution in [0.5, 0.6) is 0 Å². The Hall–Kier alpha value is -2.25. The number of rotatable bonds is 1. The third-order valence-electron chi connectivity index (χ3n) is 9.08. The summed E-state index contributed by atoms with van der Waals surface area (Å²) in [5.41, 5.74) is 1.99. The van der Waals surface area contributed by atoms with Gasteiger partial charge in [-0.3, -0.25) is 9.59 Å². The van der Waals surface area contributed by atoms with E-state index in [1.807, 2.05) is 50.6 Å². The average Bonchev–Trinajstić information content (AvgIpc) is 3.36. The van der Waals surface area contributed by atoms with E-state index < -0.39 is 23.5 Å². The van der Waals surface area contributed by atoms with Crippen LogP contribution in [-0.2, 0) is 26.1 Å². The average molecular weight is 483 g/mol. The maximum absolute atomic E-state index is 13.1. The van der Waals surface area contributed by atoms with Crippen molar-refractivity contribution < 1.29 is 24.2 Å². The number of esters is 1. The molecule has 3 aliphatic rings. The Labute approximate surface area is 207 Å². The summed E-state index contributed by atoms with van der Waals surface area (Å²) in [6.07, 6.45) is 3.51. The van der Waals surface area contributed by atoms with Gasteiger partial charge in [0.15, 0.2) is 0 Å². The number of Topliss-reactive ketones (excluding diaryl/α,β-unsaturated/α-hetero) is 1. The van der Waals surface area contributed by atoms with Crippen molar-refractivity contribution in [3.63, 3.8) is 0 Å². The molecule has 1 aliphatic carbocycles. The van der Waals surface area contributed by atoms with E-state index in [0.29, 0.717) is 19.3 Å². The van der Waals surface area contributed by atoms with Crippen molar-refractivity contribution in [3.8, 4) is 0 Å². The molecule has 1 aromatic carbocycles. The quantitative estimate of drug-likeness (QED) is 0.473. The lowest BCUT2D eigenvalue weighted by molar-refractivity contribution is -0.153. The summed E-state index contributed by atoms with van der Waals surface area (Å²) in [4.78, 5) is 30.8. The van der Waals surface area contributed by atoms with Crippen LogP contribution in [0.15, 0.2) is 18.2 Å². The minimum Gasteiger partial charge on any atom is -0.457 e. The highest BCUT2D eigenvalue weighted by molar-refractivity contribution is 5.88. The number of aliphatic hydroxyl groups excluding tert-OH is 1. The van der Waals surface area contributed by atoms with Crippen LogP contribution in [0.3, 0.4) is 0 Å². The molecule has 1 unspecified atom stereocenters. The second-order valence-corrected chi connectivity index (χ2v) is 11.7. The number of fused-ring (bicyclic) bond motifs is 4. The first-order chi connectivity index (χ1) is 16.5. The lowest BCUT2D eigenvalue weighted by Gasteiger charge is -2.43. The zero-order valence-electron chi connectivity index (χ0n) is 21.5. The van der Waals surface area contributed by atoms with Crippen LogP contribution >= 0.6 is 0 Å². The molecule has 7 nitrogen and oxygen atoms in total. The fourth-order valence-electron chi connectivity index (χ4n) is 6.51. The molecule has 1 N–H and O–H groups in total. The zero-order valence-corrected chi connectivity index (χ0v) is 21.5. The minimum absolute atomic E-state index is 0.0199. The standard InChI is InChI=1S/C28H38N2O5/c1-16-25(32)19-7-6-11-28(4)23(35-28)14-22(34-24(31)10-12-27(3,15-19)26(16)33)18-8-9-21-20(13-18)29-17(2)30(21)5/h8-9,13,16,19,22-23,25,32H,6-7,10-12,14-15H2,1-5H3/t16-,19-,22+,23+,25-,27?,28-/m1/s1. The lowest BCUT2D eigenvalue weighted by atomic mass is 9.61. The van der Waals surface area contributed by atoms with Crippen molar-refractivity contribution in [2.75, 3.05) is 0 Å². The third-order valence-corrected chi connectivity index (χ3v) is 9.08. The van der Waals surface area contributed by atoms with Gasteiger partial charge in [-0.25, -0.2) is 4.98 Å². The second kappa shape index (κ2) is 8.70. The number of hydrogen-bond acceptors (Lipinski definition) is 6. The number of cyclic esters (lactones) is 1. The zero-order chi connectivity index (χ0) is 25.1. The first kappa shape index (κ1) is 24.4. The van der Waals surface area contributed by atoms with Gasteiger partial charge in [0.2, 0.25) is 0 Å². The molecular formula is C28H38N2O5. The molecule has 0 amide bonds. The summed E-state index contributed by atoms with van der Waals surface area (Å²) in [6.45, 7) is 7.88. The summed E-state index contributed by atoms with van der Waals surface area (Å²) in [5.74, 6) is 0.349. The molecule has 3 heterocycles. The molecule has 2 aromatic rings. The Morgan fingerprint density at radius 1 is 1.20 bits per heavy atom. The highest BCUT2D eigenvalue weighted by atomic mass is 16.6. The number of benzene rings is 1. The molecule has 7 heteroatoms. The number of carbonyl (C=O) groups excluding carboxylic acids is 2. The number of aryl methyl sites for hydroxylation is 2. The number of carbonyl (C=O) groups is 2. The van der Waals surface area contributed by atoms with Gasteiger partial charge in [0.05, 0.1) is 28.8 Å². The molecule has 35 heavy (non-hydrogen) atoms. The predicted molar refractivity (Wildman–Crippen MR) is 132 cm³/mol. The van der Waals surface area contributed by atoms with E-state index >= 15 is 0 Å². The van der Waals surface area contributed by atoms with Crippen LogP contribution < -0.4 is 0 Å². The molecule has 190 valence electrons. The van der Waals surface area contributed by atoms with Crippen LogP contribution in [-0.4, -0.2) is 44.2 Å². The van der Waals surface area contributed by atoms with Gasteiger partial charge in [0.25, 0.3) is 0 Å². The molecule has 0 radical (unpaired) electrons. The summed E-state index contributed by atoms with van der Waals surface area (Å²) in [7, 11) is 1.99. The maximum atomic E-state index is 13.1. The Balaban J connectivity index is 1.42. The number of imidazole rings is 1. The number of epoxide rings is 1. The highest BCUT2D eigenvalue weighted by Gasteiger charge is 2.53. The van der Waals surface area contributed by atoms with Crippen molar-refractivity contribution in [2.24, 2.45) is 24.3 Å². The largest absolute Gasteiger partial charge is 0.457 e. The van der Waals surface area contributed by atoms with E-state index in [-0.39, 0.29) is 35.8 Å². The van der Waals surface area contributed by atoms with E-state index in [4.69, 9.17) is 9.47 Å². The highest BCUT2D eigenvalue weighted by Crippen LogP contribution is 2.49. The van der Waals surface area contributed by atoms with E-state index in [0.717, 1.165) is 41.7 Å². The monoisotopic (exact) mass is 482 g/mol. The molecule has 7 atom stereocenters. The van der Waals surface area contributed by atoms with Crippen molar-refractivity contribution in [1.82, 2.24) is 9.55 Å². The van der Waals surface area contributed by atoms with Crippen LogP contribution in [0.25, 0.3) is 11.0 Å². The van der Waals surface area contributed by atoms with E-state index in [2.05, 4.69) is 11.9 Å². The third kappa shape index (κ3) is 4.42. The van der Waals surface area contributed by atoms with E-state index in [1.165, 1.54) is 0 Å². The van der Waals surface area contributed by atoms with Gasteiger partial charge < -0.3 is 19.1 Å². The SMILES string of the molecule is Cc1nc2cc([C@@H]3C[C@@H]4O[C@]4(C)CCC[C@@H]4CC(C)(CCC(=O)O3)C(=O)[C@H](C)[C@H]4O)ccc2n1C. The molecule has 0 spiro atoms. The van der Waals surface area contributed by atoms with Crippen molar-refractivity contribution in [1.29, 1.82) is 0 Å². The fourth-order valence-corrected chi connectivity index (χ4v) is 6.51. The molecular weight excluding hydrogens is 444 g/mol. The summed E-state index contributed by atoms with van der Waals surface area (Å²) < 4.78 is 14.2. The van der Waals surface area contributed by atoms with Gasteiger partial charge in [-0.15, -0.1) is 0 Å². The van der Waals surface area contributed by atoms with Gasteiger partial charge >= 0.3 is 5.97 Å². The molecule has 2 bridgehead atoms. The molecule has 1 aromatic heterocycles. The fraction of sp³-hybridized carbons (Fsp3) is 0.679. The van der Waals surface area contributed by atoms with Gasteiger partial charge in [-0.05, 0) is 63.1 Å². The van der Waals surface area contributed by atoms with Crippen LogP contribution in [0.1, 0.15) is 83.2 Å².